The van der Waals surface area contributed by atoms with Crippen LogP contribution < -0.4 is 10.1 Å². The molecule has 0 bridgehead atoms. The molecule has 0 fully saturated rings. The van der Waals surface area contributed by atoms with Crippen LogP contribution in [0.4, 0.5) is 0 Å². The Morgan fingerprint density at radius 2 is 1.95 bits per heavy atom. The molecule has 2 amide bonds. The van der Waals surface area contributed by atoms with Gasteiger partial charge in [-0.2, -0.15) is 0 Å². The molecule has 1 rings (SSSR count). The van der Waals surface area contributed by atoms with Crippen molar-refractivity contribution < 1.29 is 14.3 Å². The maximum Gasteiger partial charge on any atom is 0.242 e. The van der Waals surface area contributed by atoms with E-state index in [1.54, 1.807) is 25.9 Å². The summed E-state index contributed by atoms with van der Waals surface area (Å²) in [6, 6.07) is 7.06. The number of methoxy groups -OCH3 is 1. The summed E-state index contributed by atoms with van der Waals surface area (Å²) in [7, 11) is 1.60. The third-order valence-electron chi connectivity index (χ3n) is 3.39. The summed E-state index contributed by atoms with van der Waals surface area (Å²) in [6.45, 7) is 7.74. The van der Waals surface area contributed by atoms with Gasteiger partial charge in [0.15, 0.2) is 0 Å². The Balaban J connectivity index is 2.92. The number of ether oxygens (including phenoxy) is 1. The fourth-order valence-corrected chi connectivity index (χ4v) is 2.16. The van der Waals surface area contributed by atoms with E-state index in [9.17, 15) is 9.59 Å². The van der Waals surface area contributed by atoms with E-state index in [0.717, 1.165) is 11.3 Å². The van der Waals surface area contributed by atoms with Gasteiger partial charge in [-0.25, -0.2) is 0 Å². The van der Waals surface area contributed by atoms with E-state index in [-0.39, 0.29) is 17.9 Å². The van der Waals surface area contributed by atoms with Crippen LogP contribution in [0.2, 0.25) is 0 Å². The normalized spacial score (nSPS) is 11.9. The van der Waals surface area contributed by atoms with Gasteiger partial charge < -0.3 is 15.0 Å². The van der Waals surface area contributed by atoms with Crippen LogP contribution in [0.1, 0.15) is 39.7 Å². The second kappa shape index (κ2) is 8.41. The minimum atomic E-state index is -0.513. The molecular formula is C17H26N2O3. The number of rotatable bonds is 7. The summed E-state index contributed by atoms with van der Waals surface area (Å²) in [4.78, 5) is 26.0. The predicted octanol–water partition coefficient (Wildman–Crippen LogP) is 2.35. The molecule has 122 valence electrons. The average Bonchev–Trinajstić information content (AvgIpc) is 2.50. The molecule has 1 aromatic carbocycles. The average molecular weight is 306 g/mol. The zero-order valence-corrected chi connectivity index (χ0v) is 14.1. The lowest BCUT2D eigenvalue weighted by Gasteiger charge is -2.29. The second-order valence-electron chi connectivity index (χ2n) is 5.57. The lowest BCUT2D eigenvalue weighted by molar-refractivity contribution is -0.140. The molecule has 1 N–H and O–H groups in total. The molecule has 5 nitrogen and oxygen atoms in total. The number of benzene rings is 1. The van der Waals surface area contributed by atoms with Gasteiger partial charge in [0, 0.05) is 19.0 Å². The zero-order valence-electron chi connectivity index (χ0n) is 14.1. The predicted molar refractivity (Wildman–Crippen MR) is 86.6 cm³/mol. The molecule has 0 aliphatic carbocycles. The summed E-state index contributed by atoms with van der Waals surface area (Å²) in [5, 5.41) is 2.85. The van der Waals surface area contributed by atoms with Crippen molar-refractivity contribution in [3.8, 4) is 5.75 Å². The largest absolute Gasteiger partial charge is 0.497 e. The maximum atomic E-state index is 12.2. The Hall–Kier alpha value is -2.04. The number of nitrogens with zero attached hydrogens (tertiary/aromatic N) is 1. The van der Waals surface area contributed by atoms with Gasteiger partial charge in [-0.1, -0.05) is 19.1 Å². The number of carbonyl (C=O) groups excluding carboxylic acids is 2. The van der Waals surface area contributed by atoms with Crippen LogP contribution in [-0.2, 0) is 16.1 Å². The number of nitrogens with one attached hydrogen (secondary N) is 1. The Morgan fingerprint density at radius 3 is 2.50 bits per heavy atom. The van der Waals surface area contributed by atoms with Crippen molar-refractivity contribution in [1.29, 1.82) is 0 Å². The summed E-state index contributed by atoms with van der Waals surface area (Å²) in [5.41, 5.74) is 0.936. The lowest BCUT2D eigenvalue weighted by Crippen LogP contribution is -2.48. The van der Waals surface area contributed by atoms with Gasteiger partial charge in [-0.15, -0.1) is 0 Å². The summed E-state index contributed by atoms with van der Waals surface area (Å²) in [6.07, 6.45) is 0.364. The lowest BCUT2D eigenvalue weighted by atomic mass is 10.1. The van der Waals surface area contributed by atoms with Gasteiger partial charge in [-0.05, 0) is 38.5 Å². The smallest absolute Gasteiger partial charge is 0.242 e. The fourth-order valence-electron chi connectivity index (χ4n) is 2.16. The van der Waals surface area contributed by atoms with Gasteiger partial charge in [0.05, 0.1) is 7.11 Å². The summed E-state index contributed by atoms with van der Waals surface area (Å²) < 4.78 is 5.20. The van der Waals surface area contributed by atoms with Crippen molar-refractivity contribution in [2.45, 2.75) is 52.7 Å². The highest BCUT2D eigenvalue weighted by atomic mass is 16.5. The monoisotopic (exact) mass is 306 g/mol. The van der Waals surface area contributed by atoms with E-state index in [1.165, 1.54) is 0 Å². The molecule has 0 aliphatic heterocycles. The van der Waals surface area contributed by atoms with E-state index < -0.39 is 6.04 Å². The molecule has 22 heavy (non-hydrogen) atoms. The van der Waals surface area contributed by atoms with Crippen molar-refractivity contribution in [3.63, 3.8) is 0 Å². The number of hydrogen-bond donors (Lipinski definition) is 1. The highest BCUT2D eigenvalue weighted by Crippen LogP contribution is 2.16. The second-order valence-corrected chi connectivity index (χ2v) is 5.57. The van der Waals surface area contributed by atoms with E-state index >= 15 is 0 Å². The van der Waals surface area contributed by atoms with Crippen molar-refractivity contribution in [2.24, 2.45) is 0 Å². The van der Waals surface area contributed by atoms with Crippen LogP contribution in [0.5, 0.6) is 5.75 Å². The third-order valence-corrected chi connectivity index (χ3v) is 3.39. The molecular weight excluding hydrogens is 280 g/mol. The Morgan fingerprint density at radius 1 is 1.27 bits per heavy atom. The molecule has 0 aromatic heterocycles. The number of hydrogen-bond acceptors (Lipinski definition) is 3. The first-order chi connectivity index (χ1) is 10.4. The van der Waals surface area contributed by atoms with Crippen molar-refractivity contribution in [3.05, 3.63) is 29.8 Å². The van der Waals surface area contributed by atoms with E-state index in [0.29, 0.717) is 13.0 Å². The number of amides is 2. The van der Waals surface area contributed by atoms with Gasteiger partial charge in [0.2, 0.25) is 11.8 Å². The molecule has 0 unspecified atom stereocenters. The highest BCUT2D eigenvalue weighted by Gasteiger charge is 2.25. The first-order valence-electron chi connectivity index (χ1n) is 7.61. The van der Waals surface area contributed by atoms with Crippen molar-refractivity contribution in [1.82, 2.24) is 10.2 Å². The summed E-state index contributed by atoms with van der Waals surface area (Å²) >= 11 is 0. The molecule has 0 saturated heterocycles. The molecule has 0 radical (unpaired) electrons. The SMILES string of the molecule is CCC(=O)N(Cc1cccc(OC)c1)[C@@H](C)C(=O)NC(C)C. The first kappa shape index (κ1) is 18.0. The maximum absolute atomic E-state index is 12.2. The Labute approximate surface area is 132 Å². The summed E-state index contributed by atoms with van der Waals surface area (Å²) in [5.74, 6) is 0.551. The van der Waals surface area contributed by atoms with Crippen LogP contribution in [0, 0.1) is 0 Å². The third kappa shape index (κ3) is 5.06. The van der Waals surface area contributed by atoms with Gasteiger partial charge in [-0.3, -0.25) is 9.59 Å². The molecule has 0 heterocycles. The number of carbonyl (C=O) groups is 2. The van der Waals surface area contributed by atoms with Crippen LogP contribution in [0.25, 0.3) is 0 Å². The fraction of sp³-hybridized carbons (Fsp3) is 0.529. The first-order valence-corrected chi connectivity index (χ1v) is 7.61. The molecule has 1 aromatic rings. The van der Waals surface area contributed by atoms with Crippen LogP contribution in [0.3, 0.4) is 0 Å². The molecule has 0 saturated carbocycles. The van der Waals surface area contributed by atoms with Gasteiger partial charge in [0.1, 0.15) is 11.8 Å². The van der Waals surface area contributed by atoms with Gasteiger partial charge in [0.25, 0.3) is 0 Å². The zero-order chi connectivity index (χ0) is 16.7. The van der Waals surface area contributed by atoms with Gasteiger partial charge >= 0.3 is 0 Å². The van der Waals surface area contributed by atoms with E-state index in [2.05, 4.69) is 5.32 Å². The minimum Gasteiger partial charge on any atom is -0.497 e. The Bertz CT molecular complexity index is 514. The van der Waals surface area contributed by atoms with Crippen molar-refractivity contribution >= 4 is 11.8 Å². The quantitative estimate of drug-likeness (QED) is 0.841. The molecule has 0 aliphatic rings. The topological polar surface area (TPSA) is 58.6 Å². The minimum absolute atomic E-state index is 0.0466. The highest BCUT2D eigenvalue weighted by molar-refractivity contribution is 5.87. The molecule has 0 spiro atoms. The standard InChI is InChI=1S/C17H26N2O3/c1-6-16(20)19(13(4)17(21)18-12(2)3)11-14-8-7-9-15(10-14)22-5/h7-10,12-13H,6,11H2,1-5H3,(H,18,21)/t13-/m0/s1. The van der Waals surface area contributed by atoms with Crippen molar-refractivity contribution in [2.75, 3.05) is 7.11 Å². The molecule has 1 atom stereocenters. The van der Waals surface area contributed by atoms with Crippen LogP contribution in [-0.4, -0.2) is 35.9 Å². The van der Waals surface area contributed by atoms with Crippen LogP contribution >= 0.6 is 0 Å². The van der Waals surface area contributed by atoms with E-state index in [1.807, 2.05) is 38.1 Å². The van der Waals surface area contributed by atoms with Crippen LogP contribution in [0.15, 0.2) is 24.3 Å². The molecule has 5 heteroatoms. The van der Waals surface area contributed by atoms with E-state index in [4.69, 9.17) is 4.74 Å². The Kier molecular flexibility index (Phi) is 6.89.